The lowest BCUT2D eigenvalue weighted by Gasteiger charge is -2.08. The van der Waals surface area contributed by atoms with Crippen molar-refractivity contribution in [3.8, 4) is 5.75 Å². The van der Waals surface area contributed by atoms with E-state index in [4.69, 9.17) is 4.74 Å². The number of ether oxygens (including phenoxy) is 2. The summed E-state index contributed by atoms with van der Waals surface area (Å²) in [5, 5.41) is 2.73. The molecule has 0 unspecified atom stereocenters. The number of nitrogens with one attached hydrogen (secondary N) is 1. The van der Waals surface area contributed by atoms with Crippen molar-refractivity contribution in [1.29, 1.82) is 0 Å². The molecule has 0 atom stereocenters. The lowest BCUT2D eigenvalue weighted by atomic mass is 10.1. The van der Waals surface area contributed by atoms with Crippen molar-refractivity contribution >= 4 is 11.6 Å². The van der Waals surface area contributed by atoms with Gasteiger partial charge in [0.1, 0.15) is 5.75 Å². The van der Waals surface area contributed by atoms with Gasteiger partial charge in [-0.15, -0.1) is 0 Å². The molecule has 22 heavy (non-hydrogen) atoms. The number of alkyl halides is 2. The van der Waals surface area contributed by atoms with E-state index in [0.29, 0.717) is 17.9 Å². The minimum absolute atomic E-state index is 0.00800. The van der Waals surface area contributed by atoms with Crippen LogP contribution in [0.3, 0.4) is 0 Å². The molecule has 2 aromatic rings. The highest BCUT2D eigenvalue weighted by molar-refractivity contribution is 6.04. The van der Waals surface area contributed by atoms with E-state index in [2.05, 4.69) is 10.1 Å². The van der Waals surface area contributed by atoms with Gasteiger partial charge in [-0.25, -0.2) is 0 Å². The van der Waals surface area contributed by atoms with Crippen LogP contribution in [0.25, 0.3) is 0 Å². The van der Waals surface area contributed by atoms with Crippen molar-refractivity contribution in [2.75, 3.05) is 12.4 Å². The molecule has 0 radical (unpaired) electrons. The second-order valence-corrected chi connectivity index (χ2v) is 4.49. The monoisotopic (exact) mass is 307 g/mol. The second-order valence-electron chi connectivity index (χ2n) is 4.49. The third-order valence-electron chi connectivity index (χ3n) is 2.84. The normalized spacial score (nSPS) is 10.5. The first-order valence-electron chi connectivity index (χ1n) is 6.52. The maximum absolute atomic E-state index is 12.1. The number of hydrogen-bond donors (Lipinski definition) is 1. The standard InChI is InChI=1S/C16H15F2NO3/c1-21-10-11-3-2-4-13(9-11)19-15(20)12-5-7-14(8-6-12)22-16(17)18/h2-9,16H,10H2,1H3,(H,19,20). The molecule has 0 heterocycles. The van der Waals surface area contributed by atoms with Gasteiger partial charge in [0.2, 0.25) is 0 Å². The van der Waals surface area contributed by atoms with Crippen LogP contribution < -0.4 is 10.1 Å². The largest absolute Gasteiger partial charge is 0.435 e. The van der Waals surface area contributed by atoms with Gasteiger partial charge < -0.3 is 14.8 Å². The van der Waals surface area contributed by atoms with Gasteiger partial charge in [-0.1, -0.05) is 12.1 Å². The van der Waals surface area contributed by atoms with Crippen molar-refractivity contribution in [2.24, 2.45) is 0 Å². The van der Waals surface area contributed by atoms with Gasteiger partial charge in [-0.3, -0.25) is 4.79 Å². The van der Waals surface area contributed by atoms with Crippen LogP contribution in [0.15, 0.2) is 48.5 Å². The first kappa shape index (κ1) is 15.9. The van der Waals surface area contributed by atoms with Crippen molar-refractivity contribution in [3.63, 3.8) is 0 Å². The van der Waals surface area contributed by atoms with E-state index in [1.807, 2.05) is 12.1 Å². The maximum Gasteiger partial charge on any atom is 0.387 e. The molecule has 2 aromatic carbocycles. The van der Waals surface area contributed by atoms with Gasteiger partial charge in [-0.2, -0.15) is 8.78 Å². The zero-order valence-corrected chi connectivity index (χ0v) is 11.9. The van der Waals surface area contributed by atoms with Gasteiger partial charge >= 0.3 is 6.61 Å². The van der Waals surface area contributed by atoms with Crippen LogP contribution in [0.5, 0.6) is 5.75 Å². The van der Waals surface area contributed by atoms with E-state index in [9.17, 15) is 13.6 Å². The molecule has 0 aromatic heterocycles. The molecule has 6 heteroatoms. The quantitative estimate of drug-likeness (QED) is 0.885. The SMILES string of the molecule is COCc1cccc(NC(=O)c2ccc(OC(F)F)cc2)c1. The number of carbonyl (C=O) groups is 1. The Labute approximate surface area is 126 Å². The number of hydrogen-bond acceptors (Lipinski definition) is 3. The topological polar surface area (TPSA) is 47.6 Å². The molecule has 0 saturated carbocycles. The molecule has 0 aliphatic heterocycles. The molecule has 116 valence electrons. The Kier molecular flexibility index (Phi) is 5.43. The Balaban J connectivity index is 2.04. The van der Waals surface area contributed by atoms with E-state index < -0.39 is 6.61 Å². The lowest BCUT2D eigenvalue weighted by molar-refractivity contribution is -0.0498. The van der Waals surface area contributed by atoms with Gasteiger partial charge in [0.15, 0.2) is 0 Å². The summed E-state index contributed by atoms with van der Waals surface area (Å²) in [4.78, 5) is 12.1. The predicted molar refractivity (Wildman–Crippen MR) is 78.2 cm³/mol. The van der Waals surface area contributed by atoms with Crippen LogP contribution in [-0.2, 0) is 11.3 Å². The highest BCUT2D eigenvalue weighted by atomic mass is 19.3. The van der Waals surface area contributed by atoms with Crippen LogP contribution in [-0.4, -0.2) is 19.6 Å². The van der Waals surface area contributed by atoms with E-state index in [-0.39, 0.29) is 11.7 Å². The van der Waals surface area contributed by atoms with Crippen molar-refractivity contribution < 1.29 is 23.0 Å². The maximum atomic E-state index is 12.1. The summed E-state index contributed by atoms with van der Waals surface area (Å²) in [6.45, 7) is -2.44. The summed E-state index contributed by atoms with van der Waals surface area (Å²) in [5.74, 6) is -0.327. The molecular weight excluding hydrogens is 292 g/mol. The third-order valence-corrected chi connectivity index (χ3v) is 2.84. The minimum atomic E-state index is -2.89. The van der Waals surface area contributed by atoms with E-state index in [1.54, 1.807) is 19.2 Å². The zero-order chi connectivity index (χ0) is 15.9. The minimum Gasteiger partial charge on any atom is -0.435 e. The highest BCUT2D eigenvalue weighted by Crippen LogP contribution is 2.17. The number of carbonyl (C=O) groups excluding carboxylic acids is 1. The Morgan fingerprint density at radius 1 is 1.18 bits per heavy atom. The number of anilines is 1. The fraction of sp³-hybridized carbons (Fsp3) is 0.188. The summed E-state index contributed by atoms with van der Waals surface area (Å²) in [7, 11) is 1.59. The summed E-state index contributed by atoms with van der Waals surface area (Å²) in [5.41, 5.74) is 1.91. The average molecular weight is 307 g/mol. The smallest absolute Gasteiger partial charge is 0.387 e. The molecule has 2 rings (SSSR count). The molecule has 0 aliphatic carbocycles. The van der Waals surface area contributed by atoms with Gasteiger partial charge in [0.25, 0.3) is 5.91 Å². The lowest BCUT2D eigenvalue weighted by Crippen LogP contribution is -2.12. The summed E-state index contributed by atoms with van der Waals surface area (Å²) >= 11 is 0. The molecule has 4 nitrogen and oxygen atoms in total. The number of rotatable bonds is 6. The average Bonchev–Trinajstić information content (AvgIpc) is 2.48. The van der Waals surface area contributed by atoms with Gasteiger partial charge in [0.05, 0.1) is 6.61 Å². The number of methoxy groups -OCH3 is 1. The van der Waals surface area contributed by atoms with Crippen LogP contribution in [0.2, 0.25) is 0 Å². The molecule has 0 spiro atoms. The fourth-order valence-corrected chi connectivity index (χ4v) is 1.90. The number of benzene rings is 2. The van der Waals surface area contributed by atoms with Crippen molar-refractivity contribution in [2.45, 2.75) is 13.2 Å². The van der Waals surface area contributed by atoms with Crippen LogP contribution in [0.1, 0.15) is 15.9 Å². The van der Waals surface area contributed by atoms with Crippen LogP contribution >= 0.6 is 0 Å². The Morgan fingerprint density at radius 2 is 1.91 bits per heavy atom. The number of halogens is 2. The van der Waals surface area contributed by atoms with E-state index >= 15 is 0 Å². The third kappa shape index (κ3) is 4.53. The van der Waals surface area contributed by atoms with Crippen LogP contribution in [0.4, 0.5) is 14.5 Å². The molecule has 0 fully saturated rings. The number of amides is 1. The summed E-state index contributed by atoms with van der Waals surface area (Å²) in [6, 6.07) is 12.7. The molecule has 1 N–H and O–H groups in total. The van der Waals surface area contributed by atoms with Crippen molar-refractivity contribution in [3.05, 3.63) is 59.7 Å². The molecule has 0 saturated heterocycles. The molecule has 0 aliphatic rings. The molecule has 1 amide bonds. The first-order valence-corrected chi connectivity index (χ1v) is 6.52. The zero-order valence-electron chi connectivity index (χ0n) is 11.9. The summed E-state index contributed by atoms with van der Waals surface area (Å²) in [6.07, 6.45) is 0. The van der Waals surface area contributed by atoms with E-state index in [1.165, 1.54) is 24.3 Å². The van der Waals surface area contributed by atoms with Gasteiger partial charge in [0, 0.05) is 18.4 Å². The first-order chi connectivity index (χ1) is 10.6. The van der Waals surface area contributed by atoms with E-state index in [0.717, 1.165) is 5.56 Å². The Morgan fingerprint density at radius 3 is 2.55 bits per heavy atom. The second kappa shape index (κ2) is 7.51. The predicted octanol–water partition coefficient (Wildman–Crippen LogP) is 3.69. The molecular formula is C16H15F2NO3. The highest BCUT2D eigenvalue weighted by Gasteiger charge is 2.08. The Bertz CT molecular complexity index is 630. The van der Waals surface area contributed by atoms with Crippen LogP contribution in [0, 0.1) is 0 Å². The fourth-order valence-electron chi connectivity index (χ4n) is 1.90. The van der Waals surface area contributed by atoms with Gasteiger partial charge in [-0.05, 0) is 42.0 Å². The summed E-state index contributed by atoms with van der Waals surface area (Å²) < 4.78 is 33.4. The Hall–Kier alpha value is -2.47. The van der Waals surface area contributed by atoms with Crippen molar-refractivity contribution in [1.82, 2.24) is 0 Å². The molecule has 0 bridgehead atoms.